The van der Waals surface area contributed by atoms with Crippen molar-refractivity contribution in [2.75, 3.05) is 20.3 Å². The van der Waals surface area contributed by atoms with Gasteiger partial charge in [-0.25, -0.2) is 9.59 Å². The Morgan fingerprint density at radius 2 is 1.83 bits per heavy atom. The fourth-order valence-corrected chi connectivity index (χ4v) is 3.36. The molecule has 2 atom stereocenters. The molecule has 1 amide bonds. The third-order valence-electron chi connectivity index (χ3n) is 4.50. The van der Waals surface area contributed by atoms with E-state index in [2.05, 4.69) is 5.32 Å². The Hall–Kier alpha value is -2.34. The zero-order valence-corrected chi connectivity index (χ0v) is 13.6. The zero-order chi connectivity index (χ0) is 16.9. The summed E-state index contributed by atoms with van der Waals surface area (Å²) in [4.78, 5) is 24.3. The normalized spacial score (nSPS) is 22.0. The summed E-state index contributed by atoms with van der Waals surface area (Å²) in [5, 5.41) is 2.60. The van der Waals surface area contributed by atoms with Gasteiger partial charge in [-0.05, 0) is 24.0 Å². The molecule has 2 fully saturated rings. The minimum absolute atomic E-state index is 0.145. The second-order valence-electron chi connectivity index (χ2n) is 6.02. The van der Waals surface area contributed by atoms with Crippen molar-refractivity contribution in [2.45, 2.75) is 19.4 Å². The van der Waals surface area contributed by atoms with E-state index >= 15 is 0 Å². The molecule has 2 bridgehead atoms. The highest BCUT2D eigenvalue weighted by Crippen LogP contribution is 2.41. The van der Waals surface area contributed by atoms with Crippen molar-refractivity contribution in [1.29, 1.82) is 0 Å². The molecule has 1 saturated heterocycles. The topological polar surface area (TPSA) is 73.9 Å². The number of nitrogens with one attached hydrogen (secondary N) is 1. The van der Waals surface area contributed by atoms with Gasteiger partial charge in [-0.2, -0.15) is 0 Å². The molecule has 0 radical (unpaired) electrons. The molecule has 1 heterocycles. The molecule has 2 unspecified atom stereocenters. The van der Waals surface area contributed by atoms with Crippen LogP contribution in [0.2, 0.25) is 0 Å². The van der Waals surface area contributed by atoms with Gasteiger partial charge in [-0.3, -0.25) is 5.32 Å². The summed E-state index contributed by atoms with van der Waals surface area (Å²) in [5.74, 6) is -0.222. The summed E-state index contributed by atoms with van der Waals surface area (Å²) in [6.45, 7) is 1.30. The number of fused-ring (bicyclic) bond motifs is 2. The van der Waals surface area contributed by atoms with E-state index in [0.717, 1.165) is 24.0 Å². The molecule has 1 N–H and O–H groups in total. The minimum atomic E-state index is -0.655. The highest BCUT2D eigenvalue weighted by atomic mass is 16.6. The maximum atomic E-state index is 12.1. The van der Waals surface area contributed by atoms with Crippen LogP contribution < -0.4 is 5.32 Å². The van der Waals surface area contributed by atoms with E-state index in [1.807, 2.05) is 30.3 Å². The number of carbonyl (C=O) groups excluding carboxylic acids is 2. The summed E-state index contributed by atoms with van der Waals surface area (Å²) in [6.07, 6.45) is 1.26. The van der Waals surface area contributed by atoms with Crippen LogP contribution in [0.5, 0.6) is 0 Å². The van der Waals surface area contributed by atoms with Crippen molar-refractivity contribution in [3.8, 4) is 0 Å². The highest BCUT2D eigenvalue weighted by Gasteiger charge is 2.39. The van der Waals surface area contributed by atoms with Gasteiger partial charge in [0.05, 0.1) is 20.3 Å². The predicted octanol–water partition coefficient (Wildman–Crippen LogP) is 2.40. The summed E-state index contributed by atoms with van der Waals surface area (Å²) in [6, 6.07) is 9.37. The van der Waals surface area contributed by atoms with Gasteiger partial charge < -0.3 is 14.2 Å². The highest BCUT2D eigenvalue weighted by molar-refractivity contribution is 5.93. The van der Waals surface area contributed by atoms with Crippen LogP contribution in [0.25, 0.3) is 0 Å². The van der Waals surface area contributed by atoms with Crippen molar-refractivity contribution < 1.29 is 23.8 Å². The Morgan fingerprint density at radius 3 is 2.46 bits per heavy atom. The van der Waals surface area contributed by atoms with Crippen LogP contribution in [0, 0.1) is 11.8 Å². The number of alkyl carbamates (subject to hydrolysis) is 1. The van der Waals surface area contributed by atoms with Crippen molar-refractivity contribution in [1.82, 2.24) is 5.32 Å². The Kier molecular flexibility index (Phi) is 5.15. The lowest BCUT2D eigenvalue weighted by atomic mass is 9.93. The van der Waals surface area contributed by atoms with Crippen LogP contribution in [0.15, 0.2) is 41.6 Å². The number of amides is 1. The van der Waals surface area contributed by atoms with Crippen LogP contribution >= 0.6 is 0 Å². The molecule has 1 aromatic rings. The van der Waals surface area contributed by atoms with E-state index < -0.39 is 12.1 Å². The average molecular weight is 331 g/mol. The average Bonchev–Trinajstić information content (AvgIpc) is 2.86. The van der Waals surface area contributed by atoms with Gasteiger partial charge in [-0.15, -0.1) is 0 Å². The number of ether oxygens (including phenoxy) is 3. The third-order valence-corrected chi connectivity index (χ3v) is 4.50. The Morgan fingerprint density at radius 1 is 1.17 bits per heavy atom. The number of hydrogen-bond donors (Lipinski definition) is 1. The molecule has 6 nitrogen and oxygen atoms in total. The fraction of sp³-hybridized carbons (Fsp3) is 0.444. The summed E-state index contributed by atoms with van der Waals surface area (Å²) >= 11 is 0. The molecule has 1 aromatic carbocycles. The molecule has 1 aliphatic carbocycles. The molecular formula is C18H21NO5. The Bertz CT molecular complexity index is 622. The Balaban J connectivity index is 1.71. The minimum Gasteiger partial charge on any atom is -0.464 e. The van der Waals surface area contributed by atoms with Gasteiger partial charge in [0.25, 0.3) is 0 Å². The first-order valence-corrected chi connectivity index (χ1v) is 8.07. The van der Waals surface area contributed by atoms with Gasteiger partial charge in [0.2, 0.25) is 0 Å². The Labute approximate surface area is 140 Å². The van der Waals surface area contributed by atoms with Gasteiger partial charge in [-0.1, -0.05) is 30.3 Å². The SMILES string of the molecule is COC(=O)C(NC(=O)OCc1ccccc1)=C1C2CCC1COC2. The molecule has 2 aliphatic rings. The second kappa shape index (κ2) is 7.49. The predicted molar refractivity (Wildman–Crippen MR) is 85.8 cm³/mol. The van der Waals surface area contributed by atoms with Crippen LogP contribution in [0.4, 0.5) is 4.79 Å². The first kappa shape index (κ1) is 16.5. The second-order valence-corrected chi connectivity index (χ2v) is 6.02. The first-order valence-electron chi connectivity index (χ1n) is 8.07. The third kappa shape index (κ3) is 3.59. The van der Waals surface area contributed by atoms with Crippen molar-refractivity contribution >= 4 is 12.1 Å². The number of rotatable bonds is 4. The van der Waals surface area contributed by atoms with Crippen molar-refractivity contribution in [3.63, 3.8) is 0 Å². The van der Waals surface area contributed by atoms with Gasteiger partial charge >= 0.3 is 12.1 Å². The van der Waals surface area contributed by atoms with E-state index in [0.29, 0.717) is 13.2 Å². The molecule has 0 spiro atoms. The molecule has 128 valence electrons. The van der Waals surface area contributed by atoms with E-state index in [1.54, 1.807) is 0 Å². The van der Waals surface area contributed by atoms with Gasteiger partial charge in [0.15, 0.2) is 0 Å². The maximum absolute atomic E-state index is 12.1. The first-order chi connectivity index (χ1) is 11.7. The van der Waals surface area contributed by atoms with Gasteiger partial charge in [0.1, 0.15) is 12.3 Å². The molecule has 24 heavy (non-hydrogen) atoms. The van der Waals surface area contributed by atoms with Gasteiger partial charge in [0, 0.05) is 11.8 Å². The van der Waals surface area contributed by atoms with Crippen LogP contribution in [0.3, 0.4) is 0 Å². The smallest absolute Gasteiger partial charge is 0.412 e. The monoisotopic (exact) mass is 331 g/mol. The standard InChI is InChI=1S/C18H21NO5/c1-22-17(20)16(15-13-7-8-14(15)11-23-10-13)19-18(21)24-9-12-5-3-2-4-6-12/h2-6,13-14H,7-11H2,1H3,(H,19,21). The van der Waals surface area contributed by atoms with E-state index in [-0.39, 0.29) is 24.1 Å². The lowest BCUT2D eigenvalue weighted by molar-refractivity contribution is -0.136. The summed E-state index contributed by atoms with van der Waals surface area (Å²) in [5.41, 5.74) is 2.03. The molecular weight excluding hydrogens is 310 g/mol. The fourth-order valence-electron chi connectivity index (χ4n) is 3.36. The quantitative estimate of drug-likeness (QED) is 0.677. The number of methoxy groups -OCH3 is 1. The molecule has 0 aromatic heterocycles. The number of esters is 1. The van der Waals surface area contributed by atoms with Crippen molar-refractivity contribution in [2.24, 2.45) is 11.8 Å². The van der Waals surface area contributed by atoms with E-state index in [1.165, 1.54) is 7.11 Å². The van der Waals surface area contributed by atoms with E-state index in [4.69, 9.17) is 14.2 Å². The van der Waals surface area contributed by atoms with Crippen molar-refractivity contribution in [3.05, 3.63) is 47.2 Å². The van der Waals surface area contributed by atoms with Crippen LogP contribution in [-0.2, 0) is 25.6 Å². The summed E-state index contributed by atoms with van der Waals surface area (Å²) in [7, 11) is 1.31. The molecule has 6 heteroatoms. The lowest BCUT2D eigenvalue weighted by Crippen LogP contribution is -2.34. The number of hydrogen-bond acceptors (Lipinski definition) is 5. The zero-order valence-electron chi connectivity index (χ0n) is 13.6. The molecule has 1 aliphatic heterocycles. The number of carbonyl (C=O) groups is 2. The van der Waals surface area contributed by atoms with Crippen LogP contribution in [-0.4, -0.2) is 32.4 Å². The molecule has 1 saturated carbocycles. The molecule has 3 rings (SSSR count). The number of benzene rings is 1. The lowest BCUT2D eigenvalue weighted by Gasteiger charge is -2.26. The van der Waals surface area contributed by atoms with Crippen LogP contribution in [0.1, 0.15) is 18.4 Å². The van der Waals surface area contributed by atoms with E-state index in [9.17, 15) is 9.59 Å². The maximum Gasteiger partial charge on any atom is 0.412 e. The summed E-state index contributed by atoms with van der Waals surface area (Å²) < 4.78 is 15.6. The largest absolute Gasteiger partial charge is 0.464 e.